The van der Waals surface area contributed by atoms with Crippen molar-refractivity contribution >= 4 is 27.7 Å². The highest BCUT2D eigenvalue weighted by molar-refractivity contribution is 9.10. The highest BCUT2D eigenvalue weighted by Gasteiger charge is 2.10. The van der Waals surface area contributed by atoms with Crippen molar-refractivity contribution in [2.45, 2.75) is 6.54 Å². The second-order valence-electron chi connectivity index (χ2n) is 4.85. The number of anilines is 1. The lowest BCUT2D eigenvalue weighted by atomic mass is 10.2. The van der Waals surface area contributed by atoms with Gasteiger partial charge >= 0.3 is 0 Å². The molecule has 0 atom stereocenters. The summed E-state index contributed by atoms with van der Waals surface area (Å²) in [5.41, 5.74) is 1.17. The summed E-state index contributed by atoms with van der Waals surface area (Å²) < 4.78 is 0.878. The van der Waals surface area contributed by atoms with E-state index in [1.165, 1.54) is 5.56 Å². The fourth-order valence-corrected chi connectivity index (χ4v) is 2.28. The van der Waals surface area contributed by atoms with Gasteiger partial charge in [0.15, 0.2) is 0 Å². The van der Waals surface area contributed by atoms with E-state index >= 15 is 0 Å². The molecule has 114 valence electrons. The van der Waals surface area contributed by atoms with E-state index in [1.54, 1.807) is 18.3 Å². The molecule has 0 spiro atoms. The van der Waals surface area contributed by atoms with Gasteiger partial charge in [-0.05, 0) is 33.6 Å². The van der Waals surface area contributed by atoms with Gasteiger partial charge in [0.25, 0.3) is 0 Å². The first-order valence-corrected chi connectivity index (χ1v) is 7.75. The van der Waals surface area contributed by atoms with E-state index < -0.39 is 0 Å². The molecule has 0 fully saturated rings. The van der Waals surface area contributed by atoms with Gasteiger partial charge in [-0.15, -0.1) is 6.58 Å². The fraction of sp³-hybridized carbons (Fsp3) is 0.176. The van der Waals surface area contributed by atoms with E-state index in [4.69, 9.17) is 0 Å². The molecule has 2 aromatic rings. The van der Waals surface area contributed by atoms with Crippen LogP contribution in [0.2, 0.25) is 0 Å². The maximum absolute atomic E-state index is 12.1. The average Bonchev–Trinajstić information content (AvgIpc) is 2.51. The van der Waals surface area contributed by atoms with Gasteiger partial charge in [-0.25, -0.2) is 4.98 Å². The van der Waals surface area contributed by atoms with Crippen molar-refractivity contribution in [2.75, 3.05) is 18.4 Å². The Kier molecular flexibility index (Phi) is 6.30. The van der Waals surface area contributed by atoms with E-state index in [0.29, 0.717) is 25.5 Å². The second kappa shape index (κ2) is 8.46. The zero-order chi connectivity index (χ0) is 15.8. The van der Waals surface area contributed by atoms with Crippen molar-refractivity contribution in [1.29, 1.82) is 0 Å². The van der Waals surface area contributed by atoms with Crippen LogP contribution in [0, 0.1) is 0 Å². The van der Waals surface area contributed by atoms with Crippen LogP contribution < -0.4 is 5.32 Å². The number of nitrogens with one attached hydrogen (secondary N) is 1. The first-order chi connectivity index (χ1) is 10.7. The average molecular weight is 360 g/mol. The molecule has 1 N–H and O–H groups in total. The Morgan fingerprint density at radius 2 is 2.05 bits per heavy atom. The molecule has 0 bridgehead atoms. The topological polar surface area (TPSA) is 45.2 Å². The van der Waals surface area contributed by atoms with E-state index in [-0.39, 0.29) is 5.91 Å². The maximum atomic E-state index is 12.1. The van der Waals surface area contributed by atoms with Gasteiger partial charge in [-0.1, -0.05) is 36.4 Å². The predicted octanol–water partition coefficient (Wildman–Crippen LogP) is 3.47. The van der Waals surface area contributed by atoms with Crippen molar-refractivity contribution in [3.8, 4) is 0 Å². The molecule has 5 heteroatoms. The SMILES string of the molecule is C=CCN(CC(=O)Nc1ccc(Br)cn1)Cc1ccccc1. The molecule has 1 aromatic carbocycles. The summed E-state index contributed by atoms with van der Waals surface area (Å²) >= 11 is 3.32. The Morgan fingerprint density at radius 1 is 1.27 bits per heavy atom. The monoisotopic (exact) mass is 359 g/mol. The summed E-state index contributed by atoms with van der Waals surface area (Å²) in [5.74, 6) is 0.457. The maximum Gasteiger partial charge on any atom is 0.239 e. The van der Waals surface area contributed by atoms with Gasteiger partial charge in [0.1, 0.15) is 5.82 Å². The lowest BCUT2D eigenvalue weighted by Gasteiger charge is -2.20. The standard InChI is InChI=1S/C17H18BrN3O/c1-2-10-21(12-14-6-4-3-5-7-14)13-17(22)20-16-9-8-15(18)11-19-16/h2-9,11H,1,10,12-13H2,(H,19,20,22). The van der Waals surface area contributed by atoms with Gasteiger partial charge in [0.2, 0.25) is 5.91 Å². The summed E-state index contributed by atoms with van der Waals surface area (Å²) in [6.45, 7) is 5.39. The third-order valence-electron chi connectivity index (χ3n) is 3.00. The van der Waals surface area contributed by atoms with Gasteiger partial charge in [-0.3, -0.25) is 9.69 Å². The van der Waals surface area contributed by atoms with Crippen molar-refractivity contribution in [2.24, 2.45) is 0 Å². The normalized spacial score (nSPS) is 10.5. The predicted molar refractivity (Wildman–Crippen MR) is 92.5 cm³/mol. The quantitative estimate of drug-likeness (QED) is 0.769. The Hall–Kier alpha value is -1.98. The number of aromatic nitrogens is 1. The van der Waals surface area contributed by atoms with E-state index in [9.17, 15) is 4.79 Å². The van der Waals surface area contributed by atoms with E-state index in [1.807, 2.05) is 41.3 Å². The summed E-state index contributed by atoms with van der Waals surface area (Å²) in [7, 11) is 0. The molecule has 0 aliphatic carbocycles. The van der Waals surface area contributed by atoms with Crippen LogP contribution in [-0.2, 0) is 11.3 Å². The summed E-state index contributed by atoms with van der Waals surface area (Å²) in [6, 6.07) is 13.7. The smallest absolute Gasteiger partial charge is 0.239 e. The molecular formula is C17H18BrN3O. The van der Waals surface area contributed by atoms with E-state index in [0.717, 1.165) is 4.47 Å². The molecule has 1 aromatic heterocycles. The number of pyridine rings is 1. The summed E-state index contributed by atoms with van der Waals surface area (Å²) in [4.78, 5) is 18.3. The van der Waals surface area contributed by atoms with Gasteiger partial charge in [0.05, 0.1) is 6.54 Å². The Bertz CT molecular complexity index is 614. The number of halogens is 1. The summed E-state index contributed by atoms with van der Waals surface area (Å²) in [5, 5.41) is 2.80. The van der Waals surface area contributed by atoms with Crippen LogP contribution >= 0.6 is 15.9 Å². The van der Waals surface area contributed by atoms with Crippen LogP contribution in [0.1, 0.15) is 5.56 Å². The minimum atomic E-state index is -0.0902. The number of carbonyl (C=O) groups excluding carboxylic acids is 1. The highest BCUT2D eigenvalue weighted by atomic mass is 79.9. The van der Waals surface area contributed by atoms with Gasteiger partial charge < -0.3 is 5.32 Å². The number of hydrogen-bond acceptors (Lipinski definition) is 3. The zero-order valence-electron chi connectivity index (χ0n) is 12.2. The Morgan fingerprint density at radius 3 is 2.68 bits per heavy atom. The van der Waals surface area contributed by atoms with Crippen LogP contribution in [0.4, 0.5) is 5.82 Å². The number of hydrogen-bond donors (Lipinski definition) is 1. The molecule has 0 aliphatic heterocycles. The lowest BCUT2D eigenvalue weighted by molar-refractivity contribution is -0.117. The summed E-state index contributed by atoms with van der Waals surface area (Å²) in [6.07, 6.45) is 3.45. The molecular weight excluding hydrogens is 342 g/mol. The molecule has 0 radical (unpaired) electrons. The Balaban J connectivity index is 1.93. The number of rotatable bonds is 7. The van der Waals surface area contributed by atoms with Crippen LogP contribution in [0.25, 0.3) is 0 Å². The van der Waals surface area contributed by atoms with Crippen molar-refractivity contribution in [3.63, 3.8) is 0 Å². The van der Waals surface area contributed by atoms with Crippen LogP contribution in [-0.4, -0.2) is 28.9 Å². The molecule has 0 saturated carbocycles. The van der Waals surface area contributed by atoms with Crippen molar-refractivity contribution in [3.05, 3.63) is 71.4 Å². The van der Waals surface area contributed by atoms with Gasteiger partial charge in [0, 0.05) is 23.8 Å². The molecule has 0 unspecified atom stereocenters. The molecule has 0 aliphatic rings. The second-order valence-corrected chi connectivity index (χ2v) is 5.77. The largest absolute Gasteiger partial charge is 0.310 e. The lowest BCUT2D eigenvalue weighted by Crippen LogP contribution is -2.33. The third kappa shape index (κ3) is 5.42. The molecule has 0 saturated heterocycles. The molecule has 4 nitrogen and oxygen atoms in total. The molecule has 1 heterocycles. The molecule has 22 heavy (non-hydrogen) atoms. The van der Waals surface area contributed by atoms with E-state index in [2.05, 4.69) is 32.8 Å². The minimum absolute atomic E-state index is 0.0902. The van der Waals surface area contributed by atoms with Gasteiger partial charge in [-0.2, -0.15) is 0 Å². The number of nitrogens with zero attached hydrogens (tertiary/aromatic N) is 2. The third-order valence-corrected chi connectivity index (χ3v) is 3.47. The van der Waals surface area contributed by atoms with Crippen molar-refractivity contribution < 1.29 is 4.79 Å². The Labute approximate surface area is 139 Å². The first-order valence-electron chi connectivity index (χ1n) is 6.96. The minimum Gasteiger partial charge on any atom is -0.310 e. The van der Waals surface area contributed by atoms with Crippen LogP contribution in [0.3, 0.4) is 0 Å². The molecule has 2 rings (SSSR count). The fourth-order valence-electron chi connectivity index (χ4n) is 2.04. The zero-order valence-corrected chi connectivity index (χ0v) is 13.8. The first kappa shape index (κ1) is 16.4. The number of benzene rings is 1. The van der Waals surface area contributed by atoms with Crippen LogP contribution in [0.15, 0.2) is 65.8 Å². The highest BCUT2D eigenvalue weighted by Crippen LogP contribution is 2.11. The van der Waals surface area contributed by atoms with Crippen molar-refractivity contribution in [1.82, 2.24) is 9.88 Å². The number of carbonyl (C=O) groups is 1. The molecule has 1 amide bonds. The number of amides is 1. The van der Waals surface area contributed by atoms with Crippen LogP contribution in [0.5, 0.6) is 0 Å².